The molecule has 3 rings (SSSR count). The van der Waals surface area contributed by atoms with Crippen molar-refractivity contribution in [3.63, 3.8) is 0 Å². The van der Waals surface area contributed by atoms with E-state index in [-0.39, 0.29) is 17.7 Å². The minimum absolute atomic E-state index is 0.0334. The van der Waals surface area contributed by atoms with Crippen molar-refractivity contribution < 1.29 is 14.3 Å². The lowest BCUT2D eigenvalue weighted by Crippen LogP contribution is -2.36. The zero-order chi connectivity index (χ0) is 16.9. The maximum absolute atomic E-state index is 12.3. The van der Waals surface area contributed by atoms with Crippen molar-refractivity contribution in [1.29, 1.82) is 0 Å². The van der Waals surface area contributed by atoms with Gasteiger partial charge in [-0.25, -0.2) is 0 Å². The van der Waals surface area contributed by atoms with Crippen molar-refractivity contribution in [2.24, 2.45) is 5.92 Å². The van der Waals surface area contributed by atoms with Gasteiger partial charge >= 0.3 is 0 Å². The van der Waals surface area contributed by atoms with Crippen LogP contribution in [-0.2, 0) is 27.4 Å². The van der Waals surface area contributed by atoms with Crippen molar-refractivity contribution >= 4 is 11.8 Å². The second-order valence-corrected chi connectivity index (χ2v) is 6.55. The summed E-state index contributed by atoms with van der Waals surface area (Å²) >= 11 is 0. The Morgan fingerprint density at radius 1 is 1.25 bits per heavy atom. The van der Waals surface area contributed by atoms with Gasteiger partial charge in [0.05, 0.1) is 19.1 Å². The zero-order valence-corrected chi connectivity index (χ0v) is 14.2. The Morgan fingerprint density at radius 3 is 2.62 bits per heavy atom. The van der Waals surface area contributed by atoms with Gasteiger partial charge in [-0.3, -0.25) is 14.5 Å². The molecule has 1 atom stereocenters. The molecule has 1 aromatic rings. The van der Waals surface area contributed by atoms with Crippen LogP contribution in [0.3, 0.4) is 0 Å². The van der Waals surface area contributed by atoms with E-state index in [1.54, 1.807) is 11.9 Å². The molecule has 1 N–H and O–H groups in total. The van der Waals surface area contributed by atoms with E-state index >= 15 is 0 Å². The van der Waals surface area contributed by atoms with Crippen molar-refractivity contribution in [2.45, 2.75) is 19.5 Å². The van der Waals surface area contributed by atoms with Gasteiger partial charge in [0.25, 0.3) is 0 Å². The largest absolute Gasteiger partial charge is 0.379 e. The average molecular weight is 331 g/mol. The Balaban J connectivity index is 1.57. The summed E-state index contributed by atoms with van der Waals surface area (Å²) in [4.78, 5) is 27.9. The van der Waals surface area contributed by atoms with Crippen LogP contribution in [0.4, 0.5) is 0 Å². The van der Waals surface area contributed by atoms with Gasteiger partial charge in [-0.1, -0.05) is 24.3 Å². The molecule has 1 aromatic carbocycles. The number of nitrogens with one attached hydrogen (secondary N) is 1. The van der Waals surface area contributed by atoms with E-state index in [0.717, 1.165) is 38.4 Å². The predicted octanol–water partition coefficient (Wildman–Crippen LogP) is 0.613. The van der Waals surface area contributed by atoms with E-state index in [1.165, 1.54) is 5.56 Å². The number of carbonyl (C=O) groups excluding carboxylic acids is 2. The molecule has 0 bridgehead atoms. The van der Waals surface area contributed by atoms with Gasteiger partial charge in [-0.05, 0) is 11.1 Å². The third-order valence-electron chi connectivity index (χ3n) is 4.78. The first-order valence-corrected chi connectivity index (χ1v) is 8.52. The first-order chi connectivity index (χ1) is 11.6. The second-order valence-electron chi connectivity index (χ2n) is 6.55. The van der Waals surface area contributed by atoms with E-state index in [1.807, 2.05) is 12.1 Å². The zero-order valence-electron chi connectivity index (χ0n) is 14.2. The number of likely N-dealkylation sites (tertiary alicyclic amines) is 1. The van der Waals surface area contributed by atoms with E-state index in [2.05, 4.69) is 22.3 Å². The lowest BCUT2D eigenvalue weighted by molar-refractivity contribution is -0.128. The topological polar surface area (TPSA) is 61.9 Å². The number of benzene rings is 1. The molecule has 130 valence electrons. The molecule has 2 heterocycles. The van der Waals surface area contributed by atoms with Gasteiger partial charge in [0, 0.05) is 46.2 Å². The molecule has 24 heavy (non-hydrogen) atoms. The molecule has 0 aromatic heterocycles. The molecule has 2 aliphatic heterocycles. The quantitative estimate of drug-likeness (QED) is 0.859. The van der Waals surface area contributed by atoms with E-state index in [0.29, 0.717) is 19.5 Å². The van der Waals surface area contributed by atoms with Crippen LogP contribution in [0.25, 0.3) is 0 Å². The summed E-state index contributed by atoms with van der Waals surface area (Å²) in [5, 5.41) is 3.00. The van der Waals surface area contributed by atoms with Gasteiger partial charge in [0.1, 0.15) is 0 Å². The average Bonchev–Trinajstić information content (AvgIpc) is 2.94. The highest BCUT2D eigenvalue weighted by Gasteiger charge is 2.31. The van der Waals surface area contributed by atoms with Crippen LogP contribution in [-0.4, -0.2) is 61.5 Å². The van der Waals surface area contributed by atoms with E-state index in [9.17, 15) is 9.59 Å². The Labute approximate surface area is 142 Å². The minimum Gasteiger partial charge on any atom is -0.379 e. The predicted molar refractivity (Wildman–Crippen MR) is 90.1 cm³/mol. The van der Waals surface area contributed by atoms with Gasteiger partial charge in [0.15, 0.2) is 0 Å². The number of hydrogen-bond donors (Lipinski definition) is 1. The number of hydrogen-bond acceptors (Lipinski definition) is 4. The van der Waals surface area contributed by atoms with Crippen LogP contribution in [0.5, 0.6) is 0 Å². The highest BCUT2D eigenvalue weighted by molar-refractivity contribution is 5.89. The molecule has 0 spiro atoms. The number of nitrogens with zero attached hydrogens (tertiary/aromatic N) is 2. The summed E-state index contributed by atoms with van der Waals surface area (Å²) < 4.78 is 5.39. The minimum atomic E-state index is -0.228. The third kappa shape index (κ3) is 4.13. The molecule has 0 saturated carbocycles. The van der Waals surface area contributed by atoms with Gasteiger partial charge in [-0.2, -0.15) is 0 Å². The normalized spacial score (nSPS) is 22.0. The van der Waals surface area contributed by atoms with Crippen LogP contribution >= 0.6 is 0 Å². The van der Waals surface area contributed by atoms with Gasteiger partial charge in [-0.15, -0.1) is 0 Å². The fourth-order valence-electron chi connectivity index (χ4n) is 3.25. The summed E-state index contributed by atoms with van der Waals surface area (Å²) in [6.45, 7) is 5.34. The SMILES string of the molecule is CN1C[C@H](C(=O)NCc2ccccc2CN2CCOCC2)CC1=O. The molecule has 0 aliphatic carbocycles. The Morgan fingerprint density at radius 2 is 1.96 bits per heavy atom. The van der Waals surface area contributed by atoms with Gasteiger partial charge in [0.2, 0.25) is 11.8 Å². The molecule has 2 amide bonds. The molecule has 6 nitrogen and oxygen atoms in total. The number of carbonyl (C=O) groups is 2. The number of morpholine rings is 1. The fraction of sp³-hybridized carbons (Fsp3) is 0.556. The standard InChI is InChI=1S/C18H25N3O3/c1-20-12-16(10-17(20)22)18(23)19-11-14-4-2-3-5-15(14)13-21-6-8-24-9-7-21/h2-5,16H,6-13H2,1H3,(H,19,23)/t16-/m1/s1. The molecule has 2 aliphatic rings. The van der Waals surface area contributed by atoms with Crippen molar-refractivity contribution in [3.8, 4) is 0 Å². The number of ether oxygens (including phenoxy) is 1. The molecule has 0 unspecified atom stereocenters. The summed E-state index contributed by atoms with van der Waals surface area (Å²) in [7, 11) is 1.74. The molecule has 2 saturated heterocycles. The Hall–Kier alpha value is -1.92. The monoisotopic (exact) mass is 331 g/mol. The molecule has 2 fully saturated rings. The molecular weight excluding hydrogens is 306 g/mol. The first-order valence-electron chi connectivity index (χ1n) is 8.52. The number of amides is 2. The molecule has 6 heteroatoms. The van der Waals surface area contributed by atoms with Crippen molar-refractivity contribution in [1.82, 2.24) is 15.1 Å². The summed E-state index contributed by atoms with van der Waals surface area (Å²) in [5.41, 5.74) is 2.37. The Bertz CT molecular complexity index is 599. The van der Waals surface area contributed by atoms with Crippen LogP contribution in [0.1, 0.15) is 17.5 Å². The Kier molecular flexibility index (Phi) is 5.48. The lowest BCUT2D eigenvalue weighted by atomic mass is 10.1. The molecular formula is C18H25N3O3. The smallest absolute Gasteiger partial charge is 0.225 e. The maximum atomic E-state index is 12.3. The second kappa shape index (κ2) is 7.77. The summed E-state index contributed by atoms with van der Waals surface area (Å²) in [6.07, 6.45) is 0.317. The van der Waals surface area contributed by atoms with Crippen LogP contribution in [0, 0.1) is 5.92 Å². The maximum Gasteiger partial charge on any atom is 0.225 e. The lowest BCUT2D eigenvalue weighted by Gasteiger charge is -2.27. The van der Waals surface area contributed by atoms with Crippen molar-refractivity contribution in [3.05, 3.63) is 35.4 Å². The molecule has 0 radical (unpaired) electrons. The first kappa shape index (κ1) is 16.9. The summed E-state index contributed by atoms with van der Waals surface area (Å²) in [5.74, 6) is -0.217. The van der Waals surface area contributed by atoms with Crippen LogP contribution < -0.4 is 5.32 Å². The van der Waals surface area contributed by atoms with Crippen LogP contribution in [0.15, 0.2) is 24.3 Å². The van der Waals surface area contributed by atoms with E-state index in [4.69, 9.17) is 4.74 Å². The number of rotatable bonds is 5. The van der Waals surface area contributed by atoms with Crippen molar-refractivity contribution in [2.75, 3.05) is 39.9 Å². The van der Waals surface area contributed by atoms with Gasteiger partial charge < -0.3 is 15.0 Å². The highest BCUT2D eigenvalue weighted by Crippen LogP contribution is 2.17. The highest BCUT2D eigenvalue weighted by atomic mass is 16.5. The fourth-order valence-corrected chi connectivity index (χ4v) is 3.25. The van der Waals surface area contributed by atoms with E-state index < -0.39 is 0 Å². The van der Waals surface area contributed by atoms with Crippen LogP contribution in [0.2, 0.25) is 0 Å². The third-order valence-corrected chi connectivity index (χ3v) is 4.78. The summed E-state index contributed by atoms with van der Waals surface area (Å²) in [6, 6.07) is 8.20.